The van der Waals surface area contributed by atoms with E-state index in [0.29, 0.717) is 6.42 Å². The molecule has 2 rings (SSSR count). The van der Waals surface area contributed by atoms with E-state index in [1.807, 2.05) is 6.07 Å². The van der Waals surface area contributed by atoms with Gasteiger partial charge in [-0.05, 0) is 57.7 Å². The van der Waals surface area contributed by atoms with Crippen molar-refractivity contribution < 1.29 is 9.50 Å². The highest BCUT2D eigenvalue weighted by Gasteiger charge is 2.12. The Bertz CT molecular complexity index is 559. The smallest absolute Gasteiger partial charge is 0.123 e. The molecular weight excluding hydrogens is 297 g/mol. The summed E-state index contributed by atoms with van der Waals surface area (Å²) >= 11 is 3.34. The summed E-state index contributed by atoms with van der Waals surface area (Å²) in [6.07, 6.45) is 3.21. The van der Waals surface area contributed by atoms with Crippen molar-refractivity contribution in [2.75, 3.05) is 0 Å². The van der Waals surface area contributed by atoms with Crippen molar-refractivity contribution >= 4 is 15.9 Å². The fraction of sp³-hybridized carbons (Fsp3) is 0.214. The number of aliphatic hydroxyl groups is 1. The lowest BCUT2D eigenvalue weighted by Crippen LogP contribution is -2.04. The van der Waals surface area contributed by atoms with Crippen LogP contribution in [0.4, 0.5) is 4.39 Å². The molecule has 4 heteroatoms. The first-order chi connectivity index (χ1) is 8.56. The normalized spacial score (nSPS) is 12.4. The largest absolute Gasteiger partial charge is 0.388 e. The second-order valence-corrected chi connectivity index (χ2v) is 5.15. The van der Waals surface area contributed by atoms with Crippen molar-refractivity contribution in [1.29, 1.82) is 0 Å². The van der Waals surface area contributed by atoms with Gasteiger partial charge in [0.1, 0.15) is 5.82 Å². The van der Waals surface area contributed by atoms with Crippen molar-refractivity contribution in [3.8, 4) is 0 Å². The van der Waals surface area contributed by atoms with Gasteiger partial charge in [-0.3, -0.25) is 4.98 Å². The van der Waals surface area contributed by atoms with Crippen LogP contribution >= 0.6 is 15.9 Å². The first-order valence-corrected chi connectivity index (χ1v) is 6.39. The van der Waals surface area contributed by atoms with Crippen LogP contribution in [0.3, 0.4) is 0 Å². The molecule has 2 aromatic rings. The Hall–Kier alpha value is -1.26. The molecule has 2 nitrogen and oxygen atoms in total. The monoisotopic (exact) mass is 309 g/mol. The summed E-state index contributed by atoms with van der Waals surface area (Å²) in [5.74, 6) is -0.285. The summed E-state index contributed by atoms with van der Waals surface area (Å²) in [4.78, 5) is 4.05. The topological polar surface area (TPSA) is 33.1 Å². The molecule has 1 unspecified atom stereocenters. The van der Waals surface area contributed by atoms with Gasteiger partial charge in [0, 0.05) is 23.3 Å². The van der Waals surface area contributed by atoms with Crippen LogP contribution in [0.2, 0.25) is 0 Å². The summed E-state index contributed by atoms with van der Waals surface area (Å²) in [7, 11) is 0. The van der Waals surface area contributed by atoms with Gasteiger partial charge in [0.25, 0.3) is 0 Å². The third-order valence-corrected chi connectivity index (χ3v) is 3.22. The maximum Gasteiger partial charge on any atom is 0.123 e. The molecule has 0 bridgehead atoms. The number of hydrogen-bond acceptors (Lipinski definition) is 2. The number of rotatable bonds is 3. The van der Waals surface area contributed by atoms with Gasteiger partial charge in [0.05, 0.1) is 6.10 Å². The molecule has 94 valence electrons. The van der Waals surface area contributed by atoms with E-state index in [-0.39, 0.29) is 5.82 Å². The minimum absolute atomic E-state index is 0.285. The molecule has 0 aliphatic heterocycles. The van der Waals surface area contributed by atoms with Gasteiger partial charge in [-0.1, -0.05) is 6.07 Å². The van der Waals surface area contributed by atoms with Crippen molar-refractivity contribution in [1.82, 2.24) is 4.98 Å². The van der Waals surface area contributed by atoms with Crippen molar-refractivity contribution in [2.45, 2.75) is 19.4 Å². The van der Waals surface area contributed by atoms with Crippen LogP contribution in [-0.4, -0.2) is 10.1 Å². The molecule has 1 heterocycles. The van der Waals surface area contributed by atoms with Crippen LogP contribution in [-0.2, 0) is 6.42 Å². The molecule has 0 aliphatic rings. The Morgan fingerprint density at radius 1 is 1.33 bits per heavy atom. The lowest BCUT2D eigenvalue weighted by molar-refractivity contribution is 0.177. The number of nitrogens with zero attached hydrogens (tertiary/aromatic N) is 1. The molecule has 0 fully saturated rings. The van der Waals surface area contributed by atoms with Gasteiger partial charge in [0.2, 0.25) is 0 Å². The first-order valence-electron chi connectivity index (χ1n) is 5.60. The van der Waals surface area contributed by atoms with E-state index in [2.05, 4.69) is 20.9 Å². The SMILES string of the molecule is Cc1cc(F)ccc1C(O)Cc1cncc(Br)c1. The molecule has 0 spiro atoms. The van der Waals surface area contributed by atoms with Gasteiger partial charge in [-0.15, -0.1) is 0 Å². The number of pyridine rings is 1. The average molecular weight is 310 g/mol. The summed E-state index contributed by atoms with van der Waals surface area (Å²) < 4.78 is 13.9. The molecule has 1 aromatic carbocycles. The maximum absolute atomic E-state index is 13.0. The fourth-order valence-corrected chi connectivity index (χ4v) is 2.33. The van der Waals surface area contributed by atoms with Crippen LogP contribution < -0.4 is 0 Å². The molecule has 0 saturated heterocycles. The highest BCUT2D eigenvalue weighted by molar-refractivity contribution is 9.10. The van der Waals surface area contributed by atoms with Gasteiger partial charge >= 0.3 is 0 Å². The summed E-state index contributed by atoms with van der Waals surface area (Å²) in [6.45, 7) is 1.79. The van der Waals surface area contributed by atoms with E-state index in [1.165, 1.54) is 12.1 Å². The maximum atomic E-state index is 13.0. The number of benzene rings is 1. The van der Waals surface area contributed by atoms with E-state index in [0.717, 1.165) is 21.2 Å². The number of aliphatic hydroxyl groups excluding tert-OH is 1. The van der Waals surface area contributed by atoms with Gasteiger partial charge in [0.15, 0.2) is 0 Å². The summed E-state index contributed by atoms with van der Waals surface area (Å²) in [5, 5.41) is 10.2. The first kappa shape index (κ1) is 13.2. The zero-order valence-electron chi connectivity index (χ0n) is 9.90. The molecule has 18 heavy (non-hydrogen) atoms. The number of hydrogen-bond donors (Lipinski definition) is 1. The Kier molecular flexibility index (Phi) is 4.09. The highest BCUT2D eigenvalue weighted by atomic mass is 79.9. The molecule has 0 aliphatic carbocycles. The van der Waals surface area contributed by atoms with E-state index in [9.17, 15) is 9.50 Å². The highest BCUT2D eigenvalue weighted by Crippen LogP contribution is 2.23. The van der Waals surface area contributed by atoms with Gasteiger partial charge in [-0.25, -0.2) is 4.39 Å². The predicted molar refractivity (Wildman–Crippen MR) is 71.7 cm³/mol. The minimum atomic E-state index is -0.651. The molecule has 0 saturated carbocycles. The molecule has 1 aromatic heterocycles. The van der Waals surface area contributed by atoms with E-state index in [4.69, 9.17) is 0 Å². The number of aromatic nitrogens is 1. The van der Waals surface area contributed by atoms with E-state index < -0.39 is 6.10 Å². The molecule has 1 N–H and O–H groups in total. The van der Waals surface area contributed by atoms with Gasteiger partial charge < -0.3 is 5.11 Å². The third-order valence-electron chi connectivity index (χ3n) is 2.78. The third kappa shape index (κ3) is 3.15. The molecular formula is C14H13BrFNO. The Labute approximate surface area is 114 Å². The molecule has 0 radical (unpaired) electrons. The number of aryl methyl sites for hydroxylation is 1. The lowest BCUT2D eigenvalue weighted by Gasteiger charge is -2.13. The Balaban J connectivity index is 2.19. The predicted octanol–water partition coefficient (Wildman–Crippen LogP) is 3.57. The lowest BCUT2D eigenvalue weighted by atomic mass is 9.98. The average Bonchev–Trinajstić information content (AvgIpc) is 2.28. The van der Waals surface area contributed by atoms with Crippen LogP contribution in [0, 0.1) is 12.7 Å². The molecule has 1 atom stereocenters. The van der Waals surface area contributed by atoms with Crippen molar-refractivity contribution in [3.63, 3.8) is 0 Å². The fourth-order valence-electron chi connectivity index (χ4n) is 1.91. The van der Waals surface area contributed by atoms with Crippen LogP contribution in [0.1, 0.15) is 22.8 Å². The zero-order chi connectivity index (χ0) is 13.1. The second kappa shape index (κ2) is 5.59. The Morgan fingerprint density at radius 3 is 2.78 bits per heavy atom. The van der Waals surface area contributed by atoms with E-state index >= 15 is 0 Å². The van der Waals surface area contributed by atoms with Crippen LogP contribution in [0.15, 0.2) is 41.1 Å². The van der Waals surface area contributed by atoms with Crippen molar-refractivity contribution in [3.05, 3.63) is 63.6 Å². The molecule has 0 amide bonds. The minimum Gasteiger partial charge on any atom is -0.388 e. The van der Waals surface area contributed by atoms with Gasteiger partial charge in [-0.2, -0.15) is 0 Å². The van der Waals surface area contributed by atoms with Crippen molar-refractivity contribution in [2.24, 2.45) is 0 Å². The summed E-state index contributed by atoms with van der Waals surface area (Å²) in [6, 6.07) is 6.33. The zero-order valence-corrected chi connectivity index (χ0v) is 11.5. The quantitative estimate of drug-likeness (QED) is 0.940. The Morgan fingerprint density at radius 2 is 2.11 bits per heavy atom. The van der Waals surface area contributed by atoms with Crippen LogP contribution in [0.5, 0.6) is 0 Å². The number of halogens is 2. The second-order valence-electron chi connectivity index (χ2n) is 4.23. The standard InChI is InChI=1S/C14H13BrFNO/c1-9-4-12(16)2-3-13(9)14(18)6-10-5-11(15)8-17-7-10/h2-5,7-8,14,18H,6H2,1H3. The van der Waals surface area contributed by atoms with E-state index in [1.54, 1.807) is 25.4 Å². The summed E-state index contributed by atoms with van der Waals surface area (Å²) in [5.41, 5.74) is 2.43. The van der Waals surface area contributed by atoms with Crippen LogP contribution in [0.25, 0.3) is 0 Å².